The highest BCUT2D eigenvalue weighted by molar-refractivity contribution is 5.85. The summed E-state index contributed by atoms with van der Waals surface area (Å²) in [6.07, 6.45) is 6.56. The Morgan fingerprint density at radius 1 is 1.18 bits per heavy atom. The van der Waals surface area contributed by atoms with E-state index < -0.39 is 0 Å². The Morgan fingerprint density at radius 2 is 2.05 bits per heavy atom. The van der Waals surface area contributed by atoms with Crippen LogP contribution in [-0.4, -0.2) is 35.5 Å². The molecule has 0 atom stereocenters. The van der Waals surface area contributed by atoms with E-state index >= 15 is 0 Å². The summed E-state index contributed by atoms with van der Waals surface area (Å²) < 4.78 is 5.85. The molecule has 1 N–H and O–H groups in total. The molecule has 22 heavy (non-hydrogen) atoms. The van der Waals surface area contributed by atoms with Gasteiger partial charge in [-0.3, -0.25) is 4.98 Å². The number of aromatic nitrogens is 2. The number of fused-ring (bicyclic) bond motifs is 1. The molecule has 0 bridgehead atoms. The fraction of sp³-hybridized carbons (Fsp3) is 0.235. The SMILES string of the molecule is CN(C)CCc1c[nH]c2ccc(Oc3cccnc3)cc12.Cl. The van der Waals surface area contributed by atoms with E-state index in [2.05, 4.69) is 47.3 Å². The fourth-order valence-corrected chi connectivity index (χ4v) is 2.32. The summed E-state index contributed by atoms with van der Waals surface area (Å²) in [5.41, 5.74) is 2.46. The normalized spacial score (nSPS) is 10.7. The van der Waals surface area contributed by atoms with Crippen LogP contribution in [0.2, 0.25) is 0 Å². The molecule has 3 aromatic rings. The van der Waals surface area contributed by atoms with Gasteiger partial charge in [0.05, 0.1) is 6.20 Å². The second kappa shape index (κ2) is 7.29. The molecule has 116 valence electrons. The summed E-state index contributed by atoms with van der Waals surface area (Å²) in [4.78, 5) is 9.57. The summed E-state index contributed by atoms with van der Waals surface area (Å²) in [6.45, 7) is 1.03. The average Bonchev–Trinajstić information content (AvgIpc) is 2.88. The van der Waals surface area contributed by atoms with Crippen molar-refractivity contribution in [3.05, 3.63) is 54.5 Å². The molecule has 3 rings (SSSR count). The van der Waals surface area contributed by atoms with Crippen LogP contribution < -0.4 is 4.74 Å². The molecule has 0 amide bonds. The van der Waals surface area contributed by atoms with Crippen molar-refractivity contribution in [1.29, 1.82) is 0 Å². The third kappa shape index (κ3) is 3.78. The van der Waals surface area contributed by atoms with Crippen molar-refractivity contribution in [3.8, 4) is 11.5 Å². The zero-order valence-corrected chi connectivity index (χ0v) is 13.6. The molecule has 0 saturated heterocycles. The van der Waals surface area contributed by atoms with Gasteiger partial charge in [-0.25, -0.2) is 0 Å². The number of aromatic amines is 1. The van der Waals surface area contributed by atoms with Crippen LogP contribution in [0.3, 0.4) is 0 Å². The van der Waals surface area contributed by atoms with Crippen molar-refractivity contribution in [3.63, 3.8) is 0 Å². The molecule has 0 spiro atoms. The van der Waals surface area contributed by atoms with Gasteiger partial charge in [0, 0.05) is 29.8 Å². The Kier molecular flexibility index (Phi) is 5.41. The smallest absolute Gasteiger partial charge is 0.145 e. The highest BCUT2D eigenvalue weighted by Crippen LogP contribution is 2.27. The lowest BCUT2D eigenvalue weighted by molar-refractivity contribution is 0.414. The molecule has 2 aromatic heterocycles. The number of nitrogens with zero attached hydrogens (tertiary/aromatic N) is 2. The fourth-order valence-electron chi connectivity index (χ4n) is 2.32. The second-order valence-electron chi connectivity index (χ2n) is 5.37. The van der Waals surface area contributed by atoms with Gasteiger partial charge in [0.25, 0.3) is 0 Å². The van der Waals surface area contributed by atoms with Crippen LogP contribution in [0.1, 0.15) is 5.56 Å². The van der Waals surface area contributed by atoms with E-state index in [1.54, 1.807) is 12.4 Å². The van der Waals surface area contributed by atoms with Crippen LogP contribution in [0.15, 0.2) is 48.9 Å². The number of halogens is 1. The molecule has 0 aliphatic carbocycles. The summed E-state index contributed by atoms with van der Waals surface area (Å²) in [5, 5.41) is 1.22. The molecule has 0 radical (unpaired) electrons. The van der Waals surface area contributed by atoms with Crippen LogP contribution in [0.25, 0.3) is 10.9 Å². The first kappa shape index (κ1) is 16.3. The average molecular weight is 318 g/mol. The van der Waals surface area contributed by atoms with Gasteiger partial charge in [0.1, 0.15) is 11.5 Å². The third-order valence-corrected chi connectivity index (χ3v) is 3.44. The van der Waals surface area contributed by atoms with Crippen LogP contribution >= 0.6 is 12.4 Å². The number of hydrogen-bond acceptors (Lipinski definition) is 3. The summed E-state index contributed by atoms with van der Waals surface area (Å²) in [7, 11) is 4.18. The minimum absolute atomic E-state index is 0. The number of rotatable bonds is 5. The molecular formula is C17H20ClN3O. The van der Waals surface area contributed by atoms with Gasteiger partial charge >= 0.3 is 0 Å². The third-order valence-electron chi connectivity index (χ3n) is 3.44. The molecule has 5 heteroatoms. The molecular weight excluding hydrogens is 298 g/mol. The predicted molar refractivity (Wildman–Crippen MR) is 92.1 cm³/mol. The molecule has 4 nitrogen and oxygen atoms in total. The van der Waals surface area contributed by atoms with E-state index in [0.29, 0.717) is 0 Å². The van der Waals surface area contributed by atoms with E-state index in [4.69, 9.17) is 4.74 Å². The van der Waals surface area contributed by atoms with Gasteiger partial charge in [-0.2, -0.15) is 0 Å². The monoisotopic (exact) mass is 317 g/mol. The molecule has 0 aliphatic heterocycles. The molecule has 0 saturated carbocycles. The minimum Gasteiger partial charge on any atom is -0.456 e. The van der Waals surface area contributed by atoms with Gasteiger partial charge in [0.15, 0.2) is 0 Å². The van der Waals surface area contributed by atoms with E-state index in [9.17, 15) is 0 Å². The summed E-state index contributed by atoms with van der Waals surface area (Å²) in [6, 6.07) is 9.89. The Balaban J connectivity index is 0.00000176. The first-order valence-corrected chi connectivity index (χ1v) is 7.05. The van der Waals surface area contributed by atoms with Gasteiger partial charge in [-0.15, -0.1) is 12.4 Å². The number of nitrogens with one attached hydrogen (secondary N) is 1. The first-order valence-electron chi connectivity index (χ1n) is 7.05. The van der Waals surface area contributed by atoms with Crippen molar-refractivity contribution in [2.75, 3.05) is 20.6 Å². The molecule has 0 unspecified atom stereocenters. The van der Waals surface area contributed by atoms with E-state index in [1.807, 2.05) is 18.2 Å². The standard InChI is InChI=1S/C17H19N3O.ClH/c1-20(2)9-7-13-11-19-17-6-5-14(10-16(13)17)21-15-4-3-8-18-12-15;/h3-6,8,10-12,19H,7,9H2,1-2H3;1H. The second-order valence-corrected chi connectivity index (χ2v) is 5.37. The maximum Gasteiger partial charge on any atom is 0.145 e. The maximum absolute atomic E-state index is 5.85. The van der Waals surface area contributed by atoms with E-state index in [1.165, 1.54) is 10.9 Å². The van der Waals surface area contributed by atoms with E-state index in [0.717, 1.165) is 30.0 Å². The minimum atomic E-state index is 0. The van der Waals surface area contributed by atoms with Crippen molar-refractivity contribution < 1.29 is 4.74 Å². The number of benzene rings is 1. The van der Waals surface area contributed by atoms with Crippen molar-refractivity contribution in [1.82, 2.24) is 14.9 Å². The van der Waals surface area contributed by atoms with Crippen LogP contribution in [0.5, 0.6) is 11.5 Å². The molecule has 2 heterocycles. The Morgan fingerprint density at radius 3 is 2.77 bits per heavy atom. The Labute approximate surface area is 136 Å². The quantitative estimate of drug-likeness (QED) is 0.776. The number of likely N-dealkylation sites (N-methyl/N-ethyl adjacent to an activating group) is 1. The van der Waals surface area contributed by atoms with Gasteiger partial charge in [-0.1, -0.05) is 0 Å². The molecule has 1 aromatic carbocycles. The highest BCUT2D eigenvalue weighted by Gasteiger charge is 2.06. The van der Waals surface area contributed by atoms with Crippen molar-refractivity contribution in [2.45, 2.75) is 6.42 Å². The zero-order valence-electron chi connectivity index (χ0n) is 12.7. The number of H-pyrrole nitrogens is 1. The lowest BCUT2D eigenvalue weighted by Gasteiger charge is -2.09. The van der Waals surface area contributed by atoms with Crippen molar-refractivity contribution in [2.24, 2.45) is 0 Å². The first-order chi connectivity index (χ1) is 10.2. The van der Waals surface area contributed by atoms with Crippen molar-refractivity contribution >= 4 is 23.3 Å². The van der Waals surface area contributed by atoms with Crippen LogP contribution in [0.4, 0.5) is 0 Å². The zero-order chi connectivity index (χ0) is 14.7. The lowest BCUT2D eigenvalue weighted by Crippen LogP contribution is -2.14. The van der Waals surface area contributed by atoms with E-state index in [-0.39, 0.29) is 12.4 Å². The number of pyridine rings is 1. The Hall–Kier alpha value is -2.04. The highest BCUT2D eigenvalue weighted by atomic mass is 35.5. The van der Waals surface area contributed by atoms with Crippen LogP contribution in [-0.2, 0) is 6.42 Å². The van der Waals surface area contributed by atoms with Gasteiger partial charge in [0.2, 0.25) is 0 Å². The molecule has 0 aliphatic rings. The maximum atomic E-state index is 5.85. The topological polar surface area (TPSA) is 41.2 Å². The lowest BCUT2D eigenvalue weighted by atomic mass is 10.1. The van der Waals surface area contributed by atoms with Crippen LogP contribution in [0, 0.1) is 0 Å². The number of ether oxygens (including phenoxy) is 1. The van der Waals surface area contributed by atoms with Gasteiger partial charge < -0.3 is 14.6 Å². The summed E-state index contributed by atoms with van der Waals surface area (Å²) in [5.74, 6) is 1.59. The largest absolute Gasteiger partial charge is 0.456 e. The number of hydrogen-bond donors (Lipinski definition) is 1. The van der Waals surface area contributed by atoms with Gasteiger partial charge in [-0.05, 0) is 56.4 Å². The molecule has 0 fully saturated rings. The summed E-state index contributed by atoms with van der Waals surface area (Å²) >= 11 is 0. The predicted octanol–water partition coefficient (Wildman–Crippen LogP) is 3.88. The Bertz CT molecular complexity index is 725.